The van der Waals surface area contributed by atoms with Gasteiger partial charge in [-0.25, -0.2) is 4.98 Å². The highest BCUT2D eigenvalue weighted by molar-refractivity contribution is 7.18. The number of nitrogens with two attached hydrogens (primary N) is 1. The molecule has 0 saturated heterocycles. The van der Waals surface area contributed by atoms with Crippen LogP contribution in [0.1, 0.15) is 0 Å². The van der Waals surface area contributed by atoms with Gasteiger partial charge < -0.3 is 11.1 Å². The lowest BCUT2D eigenvalue weighted by Crippen LogP contribution is -1.92. The normalized spacial score (nSPS) is 10.2. The first kappa shape index (κ1) is 11.6. The number of hydrogen-bond donors (Lipinski definition) is 2. The van der Waals surface area contributed by atoms with Crippen LogP contribution in [0, 0.1) is 10.1 Å². The Morgan fingerprint density at radius 3 is 2.94 bits per heavy atom. The highest BCUT2D eigenvalue weighted by Crippen LogP contribution is 2.31. The van der Waals surface area contributed by atoms with Crippen molar-refractivity contribution < 1.29 is 4.92 Å². The molecular formula is C9H7ClN4O2S. The van der Waals surface area contributed by atoms with Gasteiger partial charge in [-0.15, -0.1) is 0 Å². The molecule has 0 aliphatic carbocycles. The van der Waals surface area contributed by atoms with E-state index in [1.165, 1.54) is 6.20 Å². The first-order chi connectivity index (χ1) is 8.06. The Morgan fingerprint density at radius 1 is 1.53 bits per heavy atom. The van der Waals surface area contributed by atoms with Crippen LogP contribution in [0.4, 0.5) is 21.5 Å². The van der Waals surface area contributed by atoms with E-state index < -0.39 is 4.92 Å². The van der Waals surface area contributed by atoms with E-state index in [0.29, 0.717) is 21.5 Å². The Morgan fingerprint density at radius 2 is 2.29 bits per heavy atom. The highest BCUT2D eigenvalue weighted by Gasteiger charge is 2.12. The SMILES string of the molecule is Nc1ccc(Cl)c(Nc2ncc([N+](=O)[O-])s2)c1. The second-order valence-electron chi connectivity index (χ2n) is 3.13. The van der Waals surface area contributed by atoms with E-state index in [1.807, 2.05) is 0 Å². The van der Waals surface area contributed by atoms with E-state index in [4.69, 9.17) is 17.3 Å². The lowest BCUT2D eigenvalue weighted by molar-refractivity contribution is -0.380. The number of rotatable bonds is 3. The van der Waals surface area contributed by atoms with Crippen LogP contribution in [0.25, 0.3) is 0 Å². The first-order valence-electron chi connectivity index (χ1n) is 4.48. The van der Waals surface area contributed by atoms with Gasteiger partial charge in [0.15, 0.2) is 5.13 Å². The Hall–Kier alpha value is -1.86. The van der Waals surface area contributed by atoms with Crippen molar-refractivity contribution in [3.8, 4) is 0 Å². The molecule has 0 radical (unpaired) electrons. The smallest absolute Gasteiger partial charge is 0.345 e. The van der Waals surface area contributed by atoms with Gasteiger partial charge in [-0.3, -0.25) is 10.1 Å². The van der Waals surface area contributed by atoms with Crippen LogP contribution in [0.5, 0.6) is 0 Å². The summed E-state index contributed by atoms with van der Waals surface area (Å²) in [6, 6.07) is 4.94. The van der Waals surface area contributed by atoms with Gasteiger partial charge in [0.1, 0.15) is 6.20 Å². The molecule has 1 aromatic carbocycles. The number of hydrogen-bond acceptors (Lipinski definition) is 6. The number of nitro groups is 1. The summed E-state index contributed by atoms with van der Waals surface area (Å²) >= 11 is 6.87. The van der Waals surface area contributed by atoms with Gasteiger partial charge in [-0.2, -0.15) is 0 Å². The third kappa shape index (κ3) is 2.63. The van der Waals surface area contributed by atoms with E-state index in [9.17, 15) is 10.1 Å². The molecule has 8 heteroatoms. The zero-order valence-electron chi connectivity index (χ0n) is 8.38. The molecule has 88 valence electrons. The number of halogens is 1. The van der Waals surface area contributed by atoms with E-state index in [2.05, 4.69) is 10.3 Å². The van der Waals surface area contributed by atoms with Crippen LogP contribution >= 0.6 is 22.9 Å². The first-order valence-corrected chi connectivity index (χ1v) is 5.68. The summed E-state index contributed by atoms with van der Waals surface area (Å²) in [5.74, 6) is 0. The number of aromatic nitrogens is 1. The molecule has 3 N–H and O–H groups in total. The fraction of sp³-hybridized carbons (Fsp3) is 0. The van der Waals surface area contributed by atoms with Gasteiger partial charge in [0, 0.05) is 5.69 Å². The number of nitrogen functional groups attached to an aromatic ring is 1. The molecule has 1 heterocycles. The molecule has 0 saturated carbocycles. The minimum atomic E-state index is -0.496. The standard InChI is InChI=1S/C9H7ClN4O2S/c10-6-2-1-5(11)3-7(6)13-9-12-4-8(17-9)14(15)16/h1-4H,11H2,(H,12,13). The molecule has 6 nitrogen and oxygen atoms in total. The molecule has 17 heavy (non-hydrogen) atoms. The Labute approximate surface area is 105 Å². The molecular weight excluding hydrogens is 264 g/mol. The molecule has 0 bridgehead atoms. The molecule has 2 rings (SSSR count). The maximum absolute atomic E-state index is 10.5. The van der Waals surface area contributed by atoms with E-state index in [1.54, 1.807) is 18.2 Å². The predicted molar refractivity (Wildman–Crippen MR) is 67.9 cm³/mol. The van der Waals surface area contributed by atoms with Crippen molar-refractivity contribution in [1.82, 2.24) is 4.98 Å². The van der Waals surface area contributed by atoms with Crippen LogP contribution in [0.15, 0.2) is 24.4 Å². The van der Waals surface area contributed by atoms with Crippen molar-refractivity contribution in [3.05, 3.63) is 39.5 Å². The summed E-state index contributed by atoms with van der Waals surface area (Å²) in [5, 5.41) is 14.2. The van der Waals surface area contributed by atoms with Crippen LogP contribution in [0.2, 0.25) is 5.02 Å². The van der Waals surface area contributed by atoms with Crippen LogP contribution in [-0.2, 0) is 0 Å². The van der Waals surface area contributed by atoms with E-state index in [-0.39, 0.29) is 5.00 Å². The molecule has 0 amide bonds. The minimum Gasteiger partial charge on any atom is -0.399 e. The van der Waals surface area contributed by atoms with Gasteiger partial charge in [0.25, 0.3) is 0 Å². The van der Waals surface area contributed by atoms with Gasteiger partial charge >= 0.3 is 5.00 Å². The Kier molecular flexibility index (Phi) is 3.12. The average Bonchev–Trinajstić information content (AvgIpc) is 2.72. The van der Waals surface area contributed by atoms with Crippen molar-refractivity contribution in [2.75, 3.05) is 11.1 Å². The summed E-state index contributed by atoms with van der Waals surface area (Å²) in [4.78, 5) is 13.9. The van der Waals surface area contributed by atoms with Crippen LogP contribution < -0.4 is 11.1 Å². The maximum atomic E-state index is 10.5. The summed E-state index contributed by atoms with van der Waals surface area (Å²) in [5.41, 5.74) is 6.72. The molecule has 2 aromatic rings. The monoisotopic (exact) mass is 270 g/mol. The van der Waals surface area contributed by atoms with Crippen molar-refractivity contribution in [1.29, 1.82) is 0 Å². The van der Waals surface area contributed by atoms with Crippen molar-refractivity contribution in [3.63, 3.8) is 0 Å². The van der Waals surface area contributed by atoms with Gasteiger partial charge in [-0.1, -0.05) is 11.6 Å². The van der Waals surface area contributed by atoms with Crippen molar-refractivity contribution in [2.24, 2.45) is 0 Å². The molecule has 0 aliphatic heterocycles. The highest BCUT2D eigenvalue weighted by atomic mass is 35.5. The number of thiazole rings is 1. The fourth-order valence-electron chi connectivity index (χ4n) is 1.16. The number of benzene rings is 1. The largest absolute Gasteiger partial charge is 0.399 e. The quantitative estimate of drug-likeness (QED) is 0.508. The number of anilines is 3. The zero-order chi connectivity index (χ0) is 12.4. The molecule has 0 spiro atoms. The molecule has 0 atom stereocenters. The van der Waals surface area contributed by atoms with E-state index >= 15 is 0 Å². The van der Waals surface area contributed by atoms with Crippen LogP contribution in [0.3, 0.4) is 0 Å². The second kappa shape index (κ2) is 4.56. The molecule has 0 fully saturated rings. The Balaban J connectivity index is 2.25. The summed E-state index contributed by atoms with van der Waals surface area (Å²) in [6.07, 6.45) is 1.19. The lowest BCUT2D eigenvalue weighted by Gasteiger charge is -2.05. The molecule has 0 unspecified atom stereocenters. The number of nitrogens with zero attached hydrogens (tertiary/aromatic N) is 2. The van der Waals surface area contributed by atoms with Crippen molar-refractivity contribution in [2.45, 2.75) is 0 Å². The predicted octanol–water partition coefficient (Wildman–Crippen LogP) is 3.03. The average molecular weight is 271 g/mol. The summed E-state index contributed by atoms with van der Waals surface area (Å²) < 4.78 is 0. The Bertz CT molecular complexity index is 572. The molecule has 0 aliphatic rings. The van der Waals surface area contributed by atoms with Gasteiger partial charge in [-0.05, 0) is 29.5 Å². The van der Waals surface area contributed by atoms with Crippen molar-refractivity contribution >= 4 is 44.4 Å². The zero-order valence-corrected chi connectivity index (χ0v) is 9.96. The topological polar surface area (TPSA) is 94.1 Å². The minimum absolute atomic E-state index is 0.0347. The van der Waals surface area contributed by atoms with Gasteiger partial charge in [0.05, 0.1) is 15.6 Å². The number of nitrogens with one attached hydrogen (secondary N) is 1. The third-order valence-electron chi connectivity index (χ3n) is 1.91. The maximum Gasteiger partial charge on any atom is 0.345 e. The summed E-state index contributed by atoms with van der Waals surface area (Å²) in [6.45, 7) is 0. The lowest BCUT2D eigenvalue weighted by atomic mass is 10.3. The van der Waals surface area contributed by atoms with Gasteiger partial charge in [0.2, 0.25) is 0 Å². The van der Waals surface area contributed by atoms with E-state index in [0.717, 1.165) is 11.3 Å². The van der Waals surface area contributed by atoms with Crippen LogP contribution in [-0.4, -0.2) is 9.91 Å². The third-order valence-corrected chi connectivity index (χ3v) is 3.10. The second-order valence-corrected chi connectivity index (χ2v) is 4.54. The molecule has 1 aromatic heterocycles. The fourth-order valence-corrected chi connectivity index (χ4v) is 1.97. The summed E-state index contributed by atoms with van der Waals surface area (Å²) in [7, 11) is 0.